The van der Waals surface area contributed by atoms with Gasteiger partial charge in [-0.05, 0) is 61.4 Å². The molecule has 0 saturated heterocycles. The van der Waals surface area contributed by atoms with Crippen LogP contribution in [0.25, 0.3) is 16.6 Å². The van der Waals surface area contributed by atoms with Crippen molar-refractivity contribution in [3.05, 3.63) is 78.1 Å². The molecule has 162 valence electrons. The number of carbonyl (C=O) groups is 1. The maximum absolute atomic E-state index is 13.7. The number of nitrogens with zero attached hydrogens (tertiary/aromatic N) is 4. The largest absolute Gasteiger partial charge is 0.335 e. The summed E-state index contributed by atoms with van der Waals surface area (Å²) in [4.78, 5) is 19.7. The number of aromatic nitrogens is 3. The second-order valence-electron chi connectivity index (χ2n) is 8.06. The first-order chi connectivity index (χ1) is 15.7. The van der Waals surface area contributed by atoms with Crippen LogP contribution in [0.4, 0.5) is 16.3 Å². The first-order valence-corrected chi connectivity index (χ1v) is 11.3. The Bertz CT molecular complexity index is 1220. The number of hydrogen-bond donors (Lipinski definition) is 1. The van der Waals surface area contributed by atoms with Crippen LogP contribution in [0.3, 0.4) is 0 Å². The minimum absolute atomic E-state index is 0.175. The molecule has 1 aliphatic carbocycles. The van der Waals surface area contributed by atoms with Gasteiger partial charge in [-0.2, -0.15) is 5.10 Å². The molecule has 0 unspecified atom stereocenters. The standard InChI is InChI=1S/C25H24ClN5O/c26-18-12-14-20(15-13-18)31-24(22-10-4-5-11-23(22)29-31)30(21-9-6-16-27-17-21)25(32)28-19-7-2-1-3-8-19/h4-6,9-17,19H,1-3,7-8H2,(H,28,32). The number of pyridine rings is 1. The number of benzene rings is 2. The molecule has 0 spiro atoms. The first-order valence-electron chi connectivity index (χ1n) is 10.9. The van der Waals surface area contributed by atoms with Gasteiger partial charge < -0.3 is 5.32 Å². The quantitative estimate of drug-likeness (QED) is 0.403. The van der Waals surface area contributed by atoms with E-state index in [1.54, 1.807) is 22.0 Å². The van der Waals surface area contributed by atoms with Crippen molar-refractivity contribution >= 4 is 40.0 Å². The highest BCUT2D eigenvalue weighted by molar-refractivity contribution is 6.30. The van der Waals surface area contributed by atoms with Crippen molar-refractivity contribution < 1.29 is 4.79 Å². The van der Waals surface area contributed by atoms with E-state index in [0.29, 0.717) is 16.5 Å². The van der Waals surface area contributed by atoms with Gasteiger partial charge in [-0.25, -0.2) is 14.4 Å². The van der Waals surface area contributed by atoms with Crippen LogP contribution in [0.15, 0.2) is 73.1 Å². The van der Waals surface area contributed by atoms with Crippen molar-refractivity contribution in [3.63, 3.8) is 0 Å². The van der Waals surface area contributed by atoms with E-state index in [2.05, 4.69) is 10.3 Å². The second kappa shape index (κ2) is 9.01. The molecule has 0 aliphatic heterocycles. The number of anilines is 2. The fraction of sp³-hybridized carbons (Fsp3) is 0.240. The van der Waals surface area contributed by atoms with Crippen molar-refractivity contribution in [1.29, 1.82) is 0 Å². The van der Waals surface area contributed by atoms with Gasteiger partial charge in [-0.1, -0.05) is 43.0 Å². The number of fused-ring (bicyclic) bond motifs is 1. The summed E-state index contributed by atoms with van der Waals surface area (Å²) in [6.45, 7) is 0. The van der Waals surface area contributed by atoms with Crippen LogP contribution in [-0.2, 0) is 0 Å². The molecule has 7 heteroatoms. The molecule has 1 aliphatic rings. The van der Waals surface area contributed by atoms with Crippen molar-refractivity contribution in [2.45, 2.75) is 38.1 Å². The summed E-state index contributed by atoms with van der Waals surface area (Å²) in [5, 5.41) is 9.60. The molecule has 0 atom stereocenters. The van der Waals surface area contributed by atoms with Gasteiger partial charge in [0.1, 0.15) is 0 Å². The van der Waals surface area contributed by atoms with E-state index in [1.165, 1.54) is 6.42 Å². The molecule has 2 amide bonds. The molecule has 1 fully saturated rings. The minimum atomic E-state index is -0.175. The van der Waals surface area contributed by atoms with Crippen molar-refractivity contribution in [2.75, 3.05) is 4.90 Å². The molecule has 6 nitrogen and oxygen atoms in total. The van der Waals surface area contributed by atoms with Gasteiger partial charge >= 0.3 is 6.03 Å². The molecule has 2 aromatic carbocycles. The van der Waals surface area contributed by atoms with E-state index in [-0.39, 0.29) is 12.1 Å². The number of carbonyl (C=O) groups excluding carboxylic acids is 1. The summed E-state index contributed by atoms with van der Waals surface area (Å²) in [6.07, 6.45) is 8.93. The van der Waals surface area contributed by atoms with Crippen LogP contribution in [-0.4, -0.2) is 26.8 Å². The lowest BCUT2D eigenvalue weighted by Gasteiger charge is -2.28. The highest BCUT2D eigenvalue weighted by Crippen LogP contribution is 2.35. The monoisotopic (exact) mass is 445 g/mol. The Labute approximate surface area is 191 Å². The normalized spacial score (nSPS) is 14.4. The van der Waals surface area contributed by atoms with Gasteiger partial charge in [-0.15, -0.1) is 0 Å². The van der Waals surface area contributed by atoms with Crippen molar-refractivity contribution in [2.24, 2.45) is 0 Å². The zero-order chi connectivity index (χ0) is 21.9. The van der Waals surface area contributed by atoms with Crippen molar-refractivity contribution in [1.82, 2.24) is 20.1 Å². The van der Waals surface area contributed by atoms with Crippen LogP contribution in [0.2, 0.25) is 5.02 Å². The Hall–Kier alpha value is -3.38. The van der Waals surface area contributed by atoms with E-state index in [0.717, 1.165) is 42.3 Å². The molecule has 1 N–H and O–H groups in total. The van der Waals surface area contributed by atoms with Gasteiger partial charge in [0.2, 0.25) is 0 Å². The average Bonchev–Trinajstić information content (AvgIpc) is 3.20. The number of urea groups is 1. The summed E-state index contributed by atoms with van der Waals surface area (Å²) >= 11 is 6.12. The highest BCUT2D eigenvalue weighted by atomic mass is 35.5. The summed E-state index contributed by atoms with van der Waals surface area (Å²) in [6, 6.07) is 19.0. The number of rotatable bonds is 4. The van der Waals surface area contributed by atoms with Gasteiger partial charge in [0.25, 0.3) is 0 Å². The summed E-state index contributed by atoms with van der Waals surface area (Å²) in [5.41, 5.74) is 2.30. The van der Waals surface area contributed by atoms with E-state index in [9.17, 15) is 4.79 Å². The van der Waals surface area contributed by atoms with E-state index in [1.807, 2.05) is 60.7 Å². The molecule has 5 rings (SSSR count). The fourth-order valence-electron chi connectivity index (χ4n) is 4.30. The lowest BCUT2D eigenvalue weighted by molar-refractivity contribution is 0.240. The molecule has 2 aromatic heterocycles. The Morgan fingerprint density at radius 2 is 1.78 bits per heavy atom. The lowest BCUT2D eigenvalue weighted by atomic mass is 9.96. The molecule has 2 heterocycles. The predicted octanol–water partition coefficient (Wildman–Crippen LogP) is 6.25. The Morgan fingerprint density at radius 3 is 2.53 bits per heavy atom. The predicted molar refractivity (Wildman–Crippen MR) is 128 cm³/mol. The van der Waals surface area contributed by atoms with Gasteiger partial charge in [-0.3, -0.25) is 4.98 Å². The van der Waals surface area contributed by atoms with Crippen LogP contribution < -0.4 is 10.2 Å². The number of amides is 2. The third-order valence-electron chi connectivity index (χ3n) is 5.88. The smallest absolute Gasteiger partial charge is 0.327 e. The number of nitrogens with one attached hydrogen (secondary N) is 1. The van der Waals surface area contributed by atoms with E-state index < -0.39 is 0 Å². The molecule has 1 saturated carbocycles. The van der Waals surface area contributed by atoms with E-state index in [4.69, 9.17) is 16.7 Å². The molecule has 32 heavy (non-hydrogen) atoms. The summed E-state index contributed by atoms with van der Waals surface area (Å²) in [5.74, 6) is 0.671. The Morgan fingerprint density at radius 1 is 1.00 bits per heavy atom. The zero-order valence-corrected chi connectivity index (χ0v) is 18.4. The topological polar surface area (TPSA) is 63.1 Å². The van der Waals surface area contributed by atoms with Crippen LogP contribution in [0, 0.1) is 0 Å². The molecule has 0 bridgehead atoms. The SMILES string of the molecule is O=C(NC1CCCCC1)N(c1cccnc1)c1c2ccccc2nn1-c1ccc(Cl)cc1. The first kappa shape index (κ1) is 20.5. The van der Waals surface area contributed by atoms with Gasteiger partial charge in [0, 0.05) is 22.6 Å². The maximum Gasteiger partial charge on any atom is 0.327 e. The lowest BCUT2D eigenvalue weighted by Crippen LogP contribution is -2.44. The molecular weight excluding hydrogens is 422 g/mol. The summed E-state index contributed by atoms with van der Waals surface area (Å²) < 4.78 is 1.80. The average molecular weight is 446 g/mol. The minimum Gasteiger partial charge on any atom is -0.335 e. The van der Waals surface area contributed by atoms with Crippen LogP contribution in [0.5, 0.6) is 0 Å². The maximum atomic E-state index is 13.7. The van der Waals surface area contributed by atoms with Crippen molar-refractivity contribution in [3.8, 4) is 5.69 Å². The highest BCUT2D eigenvalue weighted by Gasteiger charge is 2.28. The third-order valence-corrected chi connectivity index (χ3v) is 6.13. The molecule has 0 radical (unpaired) electrons. The molecule has 4 aromatic rings. The van der Waals surface area contributed by atoms with Gasteiger partial charge in [0.05, 0.1) is 23.1 Å². The van der Waals surface area contributed by atoms with Gasteiger partial charge in [0.15, 0.2) is 5.82 Å². The number of hydrogen-bond acceptors (Lipinski definition) is 3. The Balaban J connectivity index is 1.66. The Kier molecular flexibility index (Phi) is 5.77. The molecular formula is C25H24ClN5O. The fourth-order valence-corrected chi connectivity index (χ4v) is 4.43. The zero-order valence-electron chi connectivity index (χ0n) is 17.6. The van der Waals surface area contributed by atoms with Crippen LogP contribution in [0.1, 0.15) is 32.1 Å². The number of halogens is 1. The second-order valence-corrected chi connectivity index (χ2v) is 8.50. The van der Waals surface area contributed by atoms with E-state index >= 15 is 0 Å². The van der Waals surface area contributed by atoms with Crippen LogP contribution >= 0.6 is 11.6 Å². The summed E-state index contributed by atoms with van der Waals surface area (Å²) in [7, 11) is 0. The third kappa shape index (κ3) is 4.06.